The van der Waals surface area contributed by atoms with E-state index >= 15 is 0 Å². The number of sulfonamides is 1. The number of carbonyl (C=O) groups excluding carboxylic acids is 5. The van der Waals surface area contributed by atoms with Crippen LogP contribution in [0.3, 0.4) is 0 Å². The molecular formula is C36H49N5O9S. The highest BCUT2D eigenvalue weighted by Crippen LogP contribution is 2.47. The van der Waals surface area contributed by atoms with Crippen LogP contribution in [0, 0.1) is 5.92 Å². The Morgan fingerprint density at radius 1 is 1.02 bits per heavy atom. The zero-order valence-electron chi connectivity index (χ0n) is 29.7. The summed E-state index contributed by atoms with van der Waals surface area (Å²) in [5.74, 6) is -2.50. The Morgan fingerprint density at radius 2 is 1.71 bits per heavy atom. The quantitative estimate of drug-likeness (QED) is 0.383. The molecule has 278 valence electrons. The van der Waals surface area contributed by atoms with Gasteiger partial charge in [-0.2, -0.15) is 0 Å². The molecule has 5 aliphatic rings. The number of amides is 5. The van der Waals surface area contributed by atoms with Crippen molar-refractivity contribution in [2.24, 2.45) is 5.92 Å². The van der Waals surface area contributed by atoms with Gasteiger partial charge in [0.15, 0.2) is 0 Å². The molecule has 5 atom stereocenters. The van der Waals surface area contributed by atoms with E-state index in [1.54, 1.807) is 32.6 Å². The first kappa shape index (κ1) is 36.6. The monoisotopic (exact) mass is 727 g/mol. The van der Waals surface area contributed by atoms with Gasteiger partial charge in [-0.05, 0) is 77.3 Å². The number of nitrogens with zero attached hydrogens (tertiary/aromatic N) is 2. The van der Waals surface area contributed by atoms with Gasteiger partial charge in [-0.3, -0.25) is 24.0 Å². The molecule has 0 spiro atoms. The summed E-state index contributed by atoms with van der Waals surface area (Å²) in [5, 5.41) is 5.53. The summed E-state index contributed by atoms with van der Waals surface area (Å²) in [7, 11) is -3.99. The van der Waals surface area contributed by atoms with E-state index in [1.807, 2.05) is 36.4 Å². The summed E-state index contributed by atoms with van der Waals surface area (Å²) >= 11 is 0. The number of carbonyl (C=O) groups is 5. The molecule has 0 bridgehead atoms. The number of hydrogen-bond acceptors (Lipinski definition) is 9. The predicted molar refractivity (Wildman–Crippen MR) is 185 cm³/mol. The van der Waals surface area contributed by atoms with Crippen LogP contribution in [0.5, 0.6) is 0 Å². The highest BCUT2D eigenvalue weighted by atomic mass is 32.2. The minimum absolute atomic E-state index is 0.0577. The number of allylic oxidation sites excluding steroid dienone is 1. The molecule has 3 fully saturated rings. The molecule has 0 unspecified atom stereocenters. The van der Waals surface area contributed by atoms with Crippen molar-refractivity contribution >= 4 is 39.9 Å². The maximum Gasteiger partial charge on any atom is 0.410 e. The van der Waals surface area contributed by atoms with Gasteiger partial charge in [0.1, 0.15) is 29.3 Å². The van der Waals surface area contributed by atoms with E-state index in [9.17, 15) is 32.4 Å². The highest BCUT2D eigenvalue weighted by molar-refractivity contribution is 7.91. The van der Waals surface area contributed by atoms with Crippen LogP contribution in [-0.2, 0) is 47.0 Å². The van der Waals surface area contributed by atoms with Crippen molar-refractivity contribution in [2.45, 2.75) is 133 Å². The lowest BCUT2D eigenvalue weighted by molar-refractivity contribution is -0.141. The van der Waals surface area contributed by atoms with Crippen LogP contribution in [0.15, 0.2) is 36.4 Å². The minimum Gasteiger partial charge on any atom is -0.444 e. The van der Waals surface area contributed by atoms with Crippen molar-refractivity contribution in [1.82, 2.24) is 25.2 Å². The van der Waals surface area contributed by atoms with Gasteiger partial charge in [0.25, 0.3) is 5.91 Å². The first-order valence-electron chi connectivity index (χ1n) is 17.9. The van der Waals surface area contributed by atoms with Gasteiger partial charge >= 0.3 is 12.2 Å². The lowest BCUT2D eigenvalue weighted by Gasteiger charge is -2.30. The molecule has 51 heavy (non-hydrogen) atoms. The molecule has 6 rings (SSSR count). The number of hydrogen-bond donors (Lipinski definition) is 3. The van der Waals surface area contributed by atoms with E-state index < -0.39 is 79.9 Å². The summed E-state index contributed by atoms with van der Waals surface area (Å²) in [6.45, 7) is 7.32. The number of rotatable bonds is 5. The van der Waals surface area contributed by atoms with Crippen molar-refractivity contribution in [3.8, 4) is 0 Å². The molecule has 0 aromatic heterocycles. The number of nitrogens with one attached hydrogen (secondary N) is 3. The first-order chi connectivity index (χ1) is 24.0. The van der Waals surface area contributed by atoms with Crippen molar-refractivity contribution in [1.29, 1.82) is 0 Å². The van der Waals surface area contributed by atoms with Crippen LogP contribution in [-0.4, -0.2) is 88.7 Å². The number of alkyl carbamates (subject to hydrolysis) is 1. The lowest BCUT2D eigenvalue weighted by atomic mass is 10.0. The van der Waals surface area contributed by atoms with Gasteiger partial charge in [-0.1, -0.05) is 49.3 Å². The molecule has 3 heterocycles. The lowest BCUT2D eigenvalue weighted by Crippen LogP contribution is -2.58. The largest absolute Gasteiger partial charge is 0.444 e. The van der Waals surface area contributed by atoms with Gasteiger partial charge in [-0.15, -0.1) is 0 Å². The van der Waals surface area contributed by atoms with E-state index in [0.717, 1.165) is 24.0 Å². The normalized spacial score (nSPS) is 28.9. The van der Waals surface area contributed by atoms with Crippen LogP contribution in [0.1, 0.15) is 96.6 Å². The third kappa shape index (κ3) is 8.02. The maximum atomic E-state index is 14.3. The van der Waals surface area contributed by atoms with Crippen LogP contribution in [0.4, 0.5) is 9.59 Å². The van der Waals surface area contributed by atoms with Crippen LogP contribution >= 0.6 is 0 Å². The van der Waals surface area contributed by atoms with Gasteiger partial charge in [-0.25, -0.2) is 18.0 Å². The SMILES string of the molecule is CC(C)(C)OC(=O)N[C@H]1CCCCCC=C[C@@H]2C[C@@]2(C(=O)NS(=O)(=O)C2(C)CC2)NC(=O)[C@@H]2C[C@@H](OC(=O)N3Cc4ccccc4C3)CN2C1=O. The van der Waals surface area contributed by atoms with Crippen molar-refractivity contribution in [3.05, 3.63) is 47.5 Å². The zero-order chi connectivity index (χ0) is 36.8. The van der Waals surface area contributed by atoms with Gasteiger partial charge < -0.3 is 25.0 Å². The van der Waals surface area contributed by atoms with E-state index in [-0.39, 0.29) is 25.8 Å². The molecule has 5 amide bonds. The average Bonchev–Trinajstić information content (AvgIpc) is 3.84. The molecule has 3 N–H and O–H groups in total. The highest BCUT2D eigenvalue weighted by Gasteiger charge is 2.63. The number of benzene rings is 1. The standard InChI is InChI=1S/C36H49N5O9S/c1-34(2,3)50-32(45)37-27-15-9-7-5-6-8-14-25-19-36(25,31(44)39-51(47,48)35(4)16-17-35)38-29(42)28-18-26(22-41(28)30(27)43)49-33(46)40-20-23-12-10-11-13-24(23)21-40/h8,10-14,25-28H,5-7,9,15-22H2,1-4H3,(H,37,45)(H,38,42)(H,39,44)/t25-,26-,27+,28+,36-/m1/s1. The molecule has 15 heteroatoms. The fraction of sp³-hybridized carbons (Fsp3) is 0.639. The summed E-state index contributed by atoms with van der Waals surface area (Å²) in [6.07, 6.45) is 5.62. The van der Waals surface area contributed by atoms with E-state index in [1.165, 1.54) is 4.90 Å². The summed E-state index contributed by atoms with van der Waals surface area (Å²) < 4.78 is 38.7. The second-order valence-corrected chi connectivity index (χ2v) is 18.0. The molecule has 1 aromatic carbocycles. The number of fused-ring (bicyclic) bond motifs is 3. The summed E-state index contributed by atoms with van der Waals surface area (Å²) in [4.78, 5) is 71.4. The van der Waals surface area contributed by atoms with Gasteiger partial charge in [0.2, 0.25) is 21.8 Å². The molecular weight excluding hydrogens is 678 g/mol. The van der Waals surface area contributed by atoms with E-state index in [0.29, 0.717) is 38.8 Å². The molecule has 1 saturated heterocycles. The third-order valence-corrected chi connectivity index (χ3v) is 12.7. The molecule has 3 aliphatic heterocycles. The Bertz CT molecular complexity index is 1690. The Hall–Kier alpha value is -4.14. The average molecular weight is 728 g/mol. The Kier molecular flexibility index (Phi) is 9.90. The van der Waals surface area contributed by atoms with Crippen molar-refractivity contribution in [3.63, 3.8) is 0 Å². The fourth-order valence-corrected chi connectivity index (χ4v) is 8.39. The number of ether oxygens (including phenoxy) is 2. The third-order valence-electron chi connectivity index (χ3n) is 10.5. The fourth-order valence-electron chi connectivity index (χ4n) is 7.08. The smallest absolute Gasteiger partial charge is 0.410 e. The maximum absolute atomic E-state index is 14.3. The van der Waals surface area contributed by atoms with Crippen LogP contribution < -0.4 is 15.4 Å². The summed E-state index contributed by atoms with van der Waals surface area (Å²) in [6, 6.07) is 5.48. The minimum atomic E-state index is -3.99. The van der Waals surface area contributed by atoms with E-state index in [2.05, 4.69) is 15.4 Å². The Labute approximate surface area is 299 Å². The summed E-state index contributed by atoms with van der Waals surface area (Å²) in [5.41, 5.74) is -0.337. The molecule has 0 radical (unpaired) electrons. The van der Waals surface area contributed by atoms with Crippen LogP contribution in [0.2, 0.25) is 0 Å². The Morgan fingerprint density at radius 3 is 2.35 bits per heavy atom. The van der Waals surface area contributed by atoms with Crippen molar-refractivity contribution in [2.75, 3.05) is 6.54 Å². The van der Waals surface area contributed by atoms with E-state index in [4.69, 9.17) is 9.47 Å². The Balaban J connectivity index is 1.25. The molecule has 1 aromatic rings. The van der Waals surface area contributed by atoms with Gasteiger partial charge in [0.05, 0.1) is 11.3 Å². The first-order valence-corrected chi connectivity index (χ1v) is 19.4. The predicted octanol–water partition coefficient (Wildman–Crippen LogP) is 3.40. The molecule has 2 aliphatic carbocycles. The van der Waals surface area contributed by atoms with Gasteiger partial charge in [0, 0.05) is 25.4 Å². The zero-order valence-corrected chi connectivity index (χ0v) is 30.6. The van der Waals surface area contributed by atoms with Crippen LogP contribution in [0.25, 0.3) is 0 Å². The molecule has 14 nitrogen and oxygen atoms in total. The second-order valence-electron chi connectivity index (χ2n) is 15.8. The topological polar surface area (TPSA) is 181 Å². The molecule has 2 saturated carbocycles. The second kappa shape index (κ2) is 13.8. The van der Waals surface area contributed by atoms with Crippen molar-refractivity contribution < 1.29 is 41.9 Å².